The molecule has 0 aromatic heterocycles. The molecule has 0 unspecified atom stereocenters. The van der Waals surface area contributed by atoms with E-state index in [9.17, 15) is 13.2 Å². The second-order valence-corrected chi connectivity index (χ2v) is 12.9. The normalized spacial score (nSPS) is 15.6. The number of halogens is 3. The molecule has 0 atom stereocenters. The molecule has 0 N–H and O–H groups in total. The molecule has 0 bridgehead atoms. The number of anilines is 1. The Morgan fingerprint density at radius 1 is 0.829 bits per heavy atom. The molecule has 0 aliphatic carbocycles. The SMILES string of the molecule is Cc1ccc(N=C2S/C(=C/c3ccc(OS(=O)(=O)c4ccc(Cl)cc4)cc3)C(=O)N2c2ccc(C)c(Cl)c2)cc1Cl. The van der Waals surface area contributed by atoms with Crippen molar-refractivity contribution < 1.29 is 17.4 Å². The number of carbonyl (C=O) groups is 1. The molecule has 1 saturated heterocycles. The van der Waals surface area contributed by atoms with Crippen molar-refractivity contribution in [1.29, 1.82) is 0 Å². The van der Waals surface area contributed by atoms with Crippen molar-refractivity contribution in [2.45, 2.75) is 18.7 Å². The summed E-state index contributed by atoms with van der Waals surface area (Å²) in [5.74, 6) is -0.153. The van der Waals surface area contributed by atoms with Gasteiger partial charge in [0.25, 0.3) is 5.91 Å². The first-order valence-electron chi connectivity index (χ1n) is 12.2. The standard InChI is InChI=1S/C30H21Cl3N2O4S2/c1-18-3-9-22(16-26(18)32)34-30-35(23-10-4-19(2)27(33)17-23)29(36)28(40-30)15-20-5-11-24(12-6-20)39-41(37,38)25-13-7-21(31)8-14-25/h3-17H,1-2H3/b28-15+,34-30?. The molecular formula is C30H21Cl3N2O4S2. The zero-order valence-corrected chi connectivity index (χ0v) is 25.5. The summed E-state index contributed by atoms with van der Waals surface area (Å²) in [5, 5.41) is 1.96. The molecule has 1 aliphatic rings. The third kappa shape index (κ3) is 6.63. The van der Waals surface area contributed by atoms with Crippen LogP contribution in [0.25, 0.3) is 6.08 Å². The van der Waals surface area contributed by atoms with E-state index in [0.717, 1.165) is 11.1 Å². The van der Waals surface area contributed by atoms with Crippen molar-refractivity contribution in [1.82, 2.24) is 0 Å². The maximum absolute atomic E-state index is 13.6. The summed E-state index contributed by atoms with van der Waals surface area (Å²) in [5.41, 5.74) is 3.65. The average Bonchev–Trinajstić information content (AvgIpc) is 3.23. The minimum Gasteiger partial charge on any atom is -0.379 e. The lowest BCUT2D eigenvalue weighted by molar-refractivity contribution is -0.113. The zero-order chi connectivity index (χ0) is 29.3. The Bertz CT molecular complexity index is 1820. The van der Waals surface area contributed by atoms with Crippen molar-refractivity contribution in [2.75, 3.05) is 4.90 Å². The highest BCUT2D eigenvalue weighted by molar-refractivity contribution is 8.19. The Morgan fingerprint density at radius 3 is 2.10 bits per heavy atom. The molecule has 1 amide bonds. The van der Waals surface area contributed by atoms with Crippen molar-refractivity contribution in [3.63, 3.8) is 0 Å². The van der Waals surface area contributed by atoms with E-state index in [1.807, 2.05) is 38.1 Å². The van der Waals surface area contributed by atoms with Crippen molar-refractivity contribution >= 4 is 85.2 Å². The number of benzene rings is 4. The highest BCUT2D eigenvalue weighted by Crippen LogP contribution is 2.39. The first-order chi connectivity index (χ1) is 19.5. The second-order valence-electron chi connectivity index (χ2n) is 9.07. The van der Waals surface area contributed by atoms with E-state index in [0.29, 0.717) is 42.1 Å². The molecule has 0 saturated carbocycles. The summed E-state index contributed by atoms with van der Waals surface area (Å²) >= 11 is 19.7. The van der Waals surface area contributed by atoms with Gasteiger partial charge in [0.1, 0.15) is 10.6 Å². The molecule has 41 heavy (non-hydrogen) atoms. The first kappa shape index (κ1) is 29.2. The summed E-state index contributed by atoms with van der Waals surface area (Å²) in [6.07, 6.45) is 1.71. The number of aryl methyl sites for hydroxylation is 2. The third-order valence-corrected chi connectivity index (χ3v) is 9.38. The monoisotopic (exact) mass is 642 g/mol. The summed E-state index contributed by atoms with van der Waals surface area (Å²) < 4.78 is 30.5. The molecule has 0 radical (unpaired) electrons. The summed E-state index contributed by atoms with van der Waals surface area (Å²) in [6.45, 7) is 3.79. The largest absolute Gasteiger partial charge is 0.379 e. The maximum Gasteiger partial charge on any atom is 0.339 e. The highest BCUT2D eigenvalue weighted by atomic mass is 35.5. The van der Waals surface area contributed by atoms with Crippen LogP contribution in [-0.4, -0.2) is 19.5 Å². The van der Waals surface area contributed by atoms with Crippen LogP contribution in [0.3, 0.4) is 0 Å². The van der Waals surface area contributed by atoms with Gasteiger partial charge in [-0.05, 0) is 109 Å². The lowest BCUT2D eigenvalue weighted by Crippen LogP contribution is -2.28. The fourth-order valence-corrected chi connectivity index (χ4v) is 6.21. The van der Waals surface area contributed by atoms with Crippen LogP contribution in [0.1, 0.15) is 16.7 Å². The molecule has 4 aromatic carbocycles. The first-order valence-corrected chi connectivity index (χ1v) is 15.5. The van der Waals surface area contributed by atoms with Crippen molar-refractivity contribution in [2.24, 2.45) is 4.99 Å². The number of hydrogen-bond acceptors (Lipinski definition) is 6. The van der Waals surface area contributed by atoms with Crippen LogP contribution < -0.4 is 9.08 Å². The van der Waals surface area contributed by atoms with E-state index < -0.39 is 10.1 Å². The molecular weight excluding hydrogens is 623 g/mol. The molecule has 4 aromatic rings. The van der Waals surface area contributed by atoms with Crippen molar-refractivity contribution in [3.8, 4) is 5.75 Å². The minimum absolute atomic E-state index is 0.0148. The molecule has 208 valence electrons. The fourth-order valence-electron chi connectivity index (χ4n) is 3.81. The summed E-state index contributed by atoms with van der Waals surface area (Å²) in [7, 11) is -4.04. The van der Waals surface area contributed by atoms with Crippen LogP contribution in [0.4, 0.5) is 11.4 Å². The third-order valence-electron chi connectivity index (χ3n) is 6.09. The van der Waals surface area contributed by atoms with Gasteiger partial charge < -0.3 is 4.18 Å². The molecule has 5 rings (SSSR count). The van der Waals surface area contributed by atoms with Gasteiger partial charge >= 0.3 is 10.1 Å². The Kier molecular flexibility index (Phi) is 8.50. The predicted octanol–water partition coefficient (Wildman–Crippen LogP) is 8.84. The van der Waals surface area contributed by atoms with E-state index in [-0.39, 0.29) is 16.6 Å². The van der Waals surface area contributed by atoms with Crippen molar-refractivity contribution in [3.05, 3.63) is 122 Å². The average molecular weight is 644 g/mol. The Labute approximate surface area is 257 Å². The second kappa shape index (κ2) is 11.9. The van der Waals surface area contributed by atoms with Gasteiger partial charge in [0.2, 0.25) is 0 Å². The topological polar surface area (TPSA) is 76.0 Å². The Morgan fingerprint density at radius 2 is 1.46 bits per heavy atom. The predicted molar refractivity (Wildman–Crippen MR) is 168 cm³/mol. The van der Waals surface area contributed by atoms with Gasteiger partial charge in [0.05, 0.1) is 16.3 Å². The number of nitrogens with zero attached hydrogens (tertiary/aromatic N) is 2. The van der Waals surface area contributed by atoms with Gasteiger partial charge in [-0.25, -0.2) is 4.99 Å². The molecule has 1 aliphatic heterocycles. The molecule has 1 heterocycles. The van der Waals surface area contributed by atoms with Gasteiger partial charge in [-0.15, -0.1) is 0 Å². The summed E-state index contributed by atoms with van der Waals surface area (Å²) in [4.78, 5) is 20.3. The lowest BCUT2D eigenvalue weighted by Gasteiger charge is -2.16. The van der Waals surface area contributed by atoms with Crippen LogP contribution in [0.5, 0.6) is 5.75 Å². The molecule has 1 fully saturated rings. The molecule has 6 nitrogen and oxygen atoms in total. The minimum atomic E-state index is -4.04. The van der Waals surface area contributed by atoms with Gasteiger partial charge in [-0.1, -0.05) is 59.1 Å². The number of amides is 1. The number of carbonyl (C=O) groups excluding carboxylic acids is 1. The number of thioether (sulfide) groups is 1. The fraction of sp³-hybridized carbons (Fsp3) is 0.0667. The van der Waals surface area contributed by atoms with Gasteiger partial charge in [0, 0.05) is 15.1 Å². The number of hydrogen-bond donors (Lipinski definition) is 0. The smallest absolute Gasteiger partial charge is 0.339 e. The Hall–Kier alpha value is -3.27. The van der Waals surface area contributed by atoms with Gasteiger partial charge in [-0.3, -0.25) is 9.69 Å². The van der Waals surface area contributed by atoms with E-state index in [4.69, 9.17) is 44.0 Å². The lowest BCUT2D eigenvalue weighted by atomic mass is 10.2. The molecule has 0 spiro atoms. The van der Waals surface area contributed by atoms with E-state index in [2.05, 4.69) is 0 Å². The van der Waals surface area contributed by atoms with Crippen LogP contribution in [0, 0.1) is 13.8 Å². The van der Waals surface area contributed by atoms with Gasteiger partial charge in [0.15, 0.2) is 5.17 Å². The quantitative estimate of drug-likeness (QED) is 0.155. The van der Waals surface area contributed by atoms with Crippen LogP contribution in [0.15, 0.2) is 99.7 Å². The number of amidine groups is 1. The van der Waals surface area contributed by atoms with E-state index in [1.165, 1.54) is 53.1 Å². The number of rotatable bonds is 6. The molecule has 11 heteroatoms. The zero-order valence-electron chi connectivity index (χ0n) is 21.6. The summed E-state index contributed by atoms with van der Waals surface area (Å²) in [6, 6.07) is 22.9. The Balaban J connectivity index is 1.44. The van der Waals surface area contributed by atoms with E-state index in [1.54, 1.807) is 30.3 Å². The highest BCUT2D eigenvalue weighted by Gasteiger charge is 2.35. The van der Waals surface area contributed by atoms with Gasteiger partial charge in [-0.2, -0.15) is 8.42 Å². The number of aliphatic imine (C=N–C) groups is 1. The van der Waals surface area contributed by atoms with Crippen LogP contribution >= 0.6 is 46.6 Å². The van der Waals surface area contributed by atoms with Crippen LogP contribution in [0.2, 0.25) is 15.1 Å². The maximum atomic E-state index is 13.6. The van der Waals surface area contributed by atoms with Crippen LogP contribution in [-0.2, 0) is 14.9 Å². The van der Waals surface area contributed by atoms with E-state index >= 15 is 0 Å².